The lowest BCUT2D eigenvalue weighted by atomic mass is 10.2. The molecule has 1 amide bonds. The van der Waals surface area contributed by atoms with E-state index in [-0.39, 0.29) is 11.5 Å². The van der Waals surface area contributed by atoms with Gasteiger partial charge in [-0.1, -0.05) is 12.1 Å². The van der Waals surface area contributed by atoms with Gasteiger partial charge < -0.3 is 5.32 Å². The van der Waals surface area contributed by atoms with Gasteiger partial charge in [0.2, 0.25) is 5.91 Å². The number of hydrogen-bond donors (Lipinski definition) is 1. The van der Waals surface area contributed by atoms with Gasteiger partial charge in [0.25, 0.3) is 0 Å². The van der Waals surface area contributed by atoms with Crippen LogP contribution in [0, 0.1) is 11.6 Å². The molecule has 0 saturated carbocycles. The molecule has 0 atom stereocenters. The number of hydrogen-bond acceptors (Lipinski definition) is 4. The molecule has 3 nitrogen and oxygen atoms in total. The molecule has 0 radical (unpaired) electrons. The Morgan fingerprint density at radius 1 is 1.12 bits per heavy atom. The average Bonchev–Trinajstić information content (AvgIpc) is 3.19. The standard InChI is InChI=1S/C17H14F2N2OS2/c18-13-4-1-5-14(19)16(13)17-21-11(10-24-17)6-7-20-15(22)9-12-3-2-8-23-12/h1-5,8,10H,6-7,9H2,(H,20,22). The third kappa shape index (κ3) is 4.04. The van der Waals surface area contributed by atoms with Crippen molar-refractivity contribution in [1.82, 2.24) is 10.3 Å². The fraction of sp³-hybridized carbons (Fsp3) is 0.176. The van der Waals surface area contributed by atoms with E-state index in [1.807, 2.05) is 17.5 Å². The molecule has 1 N–H and O–H groups in total. The molecular weight excluding hydrogens is 350 g/mol. The number of nitrogens with one attached hydrogen (secondary N) is 1. The van der Waals surface area contributed by atoms with Crippen LogP contribution in [0.2, 0.25) is 0 Å². The molecule has 2 aromatic heterocycles. The van der Waals surface area contributed by atoms with Gasteiger partial charge in [-0.3, -0.25) is 4.79 Å². The molecule has 0 unspecified atom stereocenters. The van der Waals surface area contributed by atoms with Gasteiger partial charge in [-0.05, 0) is 23.6 Å². The van der Waals surface area contributed by atoms with Crippen LogP contribution in [0.5, 0.6) is 0 Å². The summed E-state index contributed by atoms with van der Waals surface area (Å²) in [6.07, 6.45) is 0.878. The average molecular weight is 364 g/mol. The van der Waals surface area contributed by atoms with Crippen LogP contribution < -0.4 is 5.32 Å². The van der Waals surface area contributed by atoms with Gasteiger partial charge >= 0.3 is 0 Å². The fourth-order valence-corrected chi connectivity index (χ4v) is 3.81. The molecule has 7 heteroatoms. The van der Waals surface area contributed by atoms with Crippen LogP contribution >= 0.6 is 22.7 Å². The number of thiophene rings is 1. The van der Waals surface area contributed by atoms with Crippen molar-refractivity contribution >= 4 is 28.6 Å². The molecule has 24 heavy (non-hydrogen) atoms. The van der Waals surface area contributed by atoms with E-state index >= 15 is 0 Å². The van der Waals surface area contributed by atoms with Crippen LogP contribution in [0.25, 0.3) is 10.6 Å². The topological polar surface area (TPSA) is 42.0 Å². The Labute approximate surface area is 146 Å². The number of carbonyl (C=O) groups is 1. The van der Waals surface area contributed by atoms with Crippen LogP contribution in [-0.4, -0.2) is 17.4 Å². The Morgan fingerprint density at radius 3 is 2.62 bits per heavy atom. The zero-order valence-corrected chi connectivity index (χ0v) is 14.2. The Bertz CT molecular complexity index is 811. The van der Waals surface area contributed by atoms with Crippen LogP contribution in [0.15, 0.2) is 41.1 Å². The lowest BCUT2D eigenvalue weighted by Crippen LogP contribution is -2.27. The molecule has 0 saturated heterocycles. The molecule has 0 fully saturated rings. The van der Waals surface area contributed by atoms with E-state index in [9.17, 15) is 13.6 Å². The summed E-state index contributed by atoms with van der Waals surface area (Å²) in [5.41, 5.74) is 0.601. The smallest absolute Gasteiger partial charge is 0.225 e. The van der Waals surface area contributed by atoms with Gasteiger partial charge in [-0.15, -0.1) is 22.7 Å². The second-order valence-corrected chi connectivity index (χ2v) is 6.99. The predicted molar refractivity (Wildman–Crippen MR) is 92.2 cm³/mol. The third-order valence-corrected chi connectivity index (χ3v) is 5.13. The zero-order valence-electron chi connectivity index (χ0n) is 12.6. The van der Waals surface area contributed by atoms with Crippen molar-refractivity contribution in [3.05, 3.63) is 63.3 Å². The molecular formula is C17H14F2N2OS2. The molecule has 3 aromatic rings. The van der Waals surface area contributed by atoms with Gasteiger partial charge in [0.05, 0.1) is 17.7 Å². The van der Waals surface area contributed by atoms with Gasteiger partial charge in [0.15, 0.2) is 0 Å². The number of aromatic nitrogens is 1. The number of halogens is 2. The van der Waals surface area contributed by atoms with Crippen molar-refractivity contribution in [2.75, 3.05) is 6.54 Å². The summed E-state index contributed by atoms with van der Waals surface area (Å²) < 4.78 is 27.5. The summed E-state index contributed by atoms with van der Waals surface area (Å²) in [4.78, 5) is 17.1. The highest BCUT2D eigenvalue weighted by Gasteiger charge is 2.14. The fourth-order valence-electron chi connectivity index (χ4n) is 2.20. The highest BCUT2D eigenvalue weighted by atomic mass is 32.1. The van der Waals surface area contributed by atoms with Crippen molar-refractivity contribution in [3.8, 4) is 10.6 Å². The van der Waals surface area contributed by atoms with Gasteiger partial charge in [0, 0.05) is 23.2 Å². The molecule has 0 bridgehead atoms. The van der Waals surface area contributed by atoms with Crippen molar-refractivity contribution in [1.29, 1.82) is 0 Å². The Balaban J connectivity index is 1.56. The van der Waals surface area contributed by atoms with E-state index in [1.165, 1.54) is 29.5 Å². The molecule has 124 valence electrons. The summed E-state index contributed by atoms with van der Waals surface area (Å²) in [6, 6.07) is 7.58. The van der Waals surface area contributed by atoms with Crippen LogP contribution in [0.4, 0.5) is 8.78 Å². The number of rotatable bonds is 6. The maximum absolute atomic E-state index is 13.8. The zero-order chi connectivity index (χ0) is 16.9. The summed E-state index contributed by atoms with van der Waals surface area (Å²) in [6.45, 7) is 0.438. The Morgan fingerprint density at radius 2 is 1.92 bits per heavy atom. The van der Waals surface area contributed by atoms with Crippen molar-refractivity contribution in [2.24, 2.45) is 0 Å². The summed E-state index contributed by atoms with van der Waals surface area (Å²) in [7, 11) is 0. The second-order valence-electron chi connectivity index (χ2n) is 5.10. The normalized spacial score (nSPS) is 10.8. The molecule has 0 aliphatic rings. The summed E-state index contributed by atoms with van der Waals surface area (Å²) in [5.74, 6) is -1.30. The van der Waals surface area contributed by atoms with Crippen LogP contribution in [0.1, 0.15) is 10.6 Å². The molecule has 3 rings (SSSR count). The van der Waals surface area contributed by atoms with E-state index < -0.39 is 11.6 Å². The van der Waals surface area contributed by atoms with E-state index in [1.54, 1.807) is 16.7 Å². The lowest BCUT2D eigenvalue weighted by Gasteiger charge is -2.03. The summed E-state index contributed by atoms with van der Waals surface area (Å²) >= 11 is 2.73. The highest BCUT2D eigenvalue weighted by Crippen LogP contribution is 2.28. The first-order valence-corrected chi connectivity index (χ1v) is 9.07. The Kier molecular flexibility index (Phi) is 5.32. The van der Waals surface area contributed by atoms with E-state index in [0.29, 0.717) is 30.1 Å². The maximum atomic E-state index is 13.8. The first kappa shape index (κ1) is 16.7. The van der Waals surface area contributed by atoms with E-state index in [0.717, 1.165) is 4.88 Å². The molecule has 1 aromatic carbocycles. The monoisotopic (exact) mass is 364 g/mol. The number of thiazole rings is 1. The van der Waals surface area contributed by atoms with Gasteiger partial charge in [-0.25, -0.2) is 13.8 Å². The lowest BCUT2D eigenvalue weighted by molar-refractivity contribution is -0.120. The van der Waals surface area contributed by atoms with E-state index in [2.05, 4.69) is 10.3 Å². The number of benzene rings is 1. The van der Waals surface area contributed by atoms with Crippen molar-refractivity contribution < 1.29 is 13.6 Å². The minimum Gasteiger partial charge on any atom is -0.355 e. The Hall–Kier alpha value is -2.12. The SMILES string of the molecule is O=C(Cc1cccs1)NCCc1csc(-c2c(F)cccc2F)n1. The number of carbonyl (C=O) groups excluding carboxylic acids is 1. The molecule has 0 spiro atoms. The maximum Gasteiger partial charge on any atom is 0.225 e. The van der Waals surface area contributed by atoms with Crippen molar-refractivity contribution in [3.63, 3.8) is 0 Å². The van der Waals surface area contributed by atoms with E-state index in [4.69, 9.17) is 0 Å². The summed E-state index contributed by atoms with van der Waals surface area (Å²) in [5, 5.41) is 6.82. The minimum absolute atomic E-state index is 0.0481. The molecule has 0 aliphatic carbocycles. The number of nitrogens with zero attached hydrogens (tertiary/aromatic N) is 1. The third-order valence-electron chi connectivity index (χ3n) is 3.35. The minimum atomic E-state index is -0.625. The first-order valence-electron chi connectivity index (χ1n) is 7.31. The van der Waals surface area contributed by atoms with Crippen LogP contribution in [0.3, 0.4) is 0 Å². The van der Waals surface area contributed by atoms with Gasteiger partial charge in [0.1, 0.15) is 16.6 Å². The molecule has 2 heterocycles. The molecule has 0 aliphatic heterocycles. The van der Waals surface area contributed by atoms with Crippen molar-refractivity contribution in [2.45, 2.75) is 12.8 Å². The predicted octanol–water partition coefficient (Wildman–Crippen LogP) is 4.05. The first-order chi connectivity index (χ1) is 11.6. The van der Waals surface area contributed by atoms with Crippen LogP contribution in [-0.2, 0) is 17.6 Å². The quantitative estimate of drug-likeness (QED) is 0.717. The second kappa shape index (κ2) is 7.63. The largest absolute Gasteiger partial charge is 0.355 e. The highest BCUT2D eigenvalue weighted by molar-refractivity contribution is 7.13. The van der Waals surface area contributed by atoms with Gasteiger partial charge in [-0.2, -0.15) is 0 Å². The number of amides is 1.